The van der Waals surface area contributed by atoms with Crippen molar-refractivity contribution in [1.29, 1.82) is 0 Å². The number of benzene rings is 1. The first-order valence-electron chi connectivity index (χ1n) is 8.97. The van der Waals surface area contributed by atoms with Gasteiger partial charge in [-0.25, -0.2) is 0 Å². The number of rotatable bonds is 5. The van der Waals surface area contributed by atoms with Crippen molar-refractivity contribution in [1.82, 2.24) is 10.2 Å². The Morgan fingerprint density at radius 3 is 2.71 bits per heavy atom. The number of nitrogens with one attached hydrogen (secondary N) is 1. The highest BCUT2D eigenvalue weighted by atomic mass is 32.2. The number of amides is 3. The molecule has 148 valence electrons. The summed E-state index contributed by atoms with van der Waals surface area (Å²) in [6.45, 7) is 0.258. The summed E-state index contributed by atoms with van der Waals surface area (Å²) >= 11 is 0. The molecule has 28 heavy (non-hydrogen) atoms. The molecule has 0 radical (unpaired) electrons. The monoisotopic (exact) mass is 404 g/mol. The highest BCUT2D eigenvalue weighted by Crippen LogP contribution is 2.29. The molecule has 2 aliphatic rings. The number of nitrogens with zero attached hydrogens (tertiary/aromatic N) is 1. The minimum Gasteiger partial charge on any atom is -0.322 e. The molecule has 0 bridgehead atoms. The second-order valence-corrected chi connectivity index (χ2v) is 8.35. The number of unbranched alkanes of at least 4 members (excludes halogenated alkanes) is 2. The van der Waals surface area contributed by atoms with Gasteiger partial charge in [0.2, 0.25) is 11.8 Å². The number of fused-ring (bicyclic) bond motifs is 1. The van der Waals surface area contributed by atoms with Gasteiger partial charge >= 0.3 is 0 Å². The summed E-state index contributed by atoms with van der Waals surface area (Å²) in [4.78, 5) is 37.6. The lowest BCUT2D eigenvalue weighted by atomic mass is 10.0. The lowest BCUT2D eigenvalue weighted by Crippen LogP contribution is -2.52. The molecule has 1 aromatic carbocycles. The maximum Gasteiger partial charge on any atom is 0.264 e. The van der Waals surface area contributed by atoms with Crippen LogP contribution < -0.4 is 5.32 Å². The first kappa shape index (κ1) is 20.0. The number of piperidine rings is 1. The number of carbonyl (C=O) groups is 3. The van der Waals surface area contributed by atoms with Crippen molar-refractivity contribution < 1.29 is 27.4 Å². The van der Waals surface area contributed by atoms with E-state index < -0.39 is 22.1 Å². The Morgan fingerprint density at radius 1 is 1.21 bits per heavy atom. The number of imide groups is 1. The molecule has 0 aliphatic carbocycles. The van der Waals surface area contributed by atoms with Gasteiger partial charge in [0, 0.05) is 30.5 Å². The molecule has 0 saturated carbocycles. The average molecular weight is 404 g/mol. The quantitative estimate of drug-likeness (QED) is 0.325. The van der Waals surface area contributed by atoms with Crippen molar-refractivity contribution in [3.8, 4) is 11.8 Å². The first-order valence-corrected chi connectivity index (χ1v) is 10.6. The van der Waals surface area contributed by atoms with Crippen molar-refractivity contribution in [3.05, 3.63) is 34.9 Å². The second-order valence-electron chi connectivity index (χ2n) is 6.78. The predicted octanol–water partition coefficient (Wildman–Crippen LogP) is 0.857. The molecule has 0 aromatic heterocycles. The van der Waals surface area contributed by atoms with Crippen LogP contribution in [0.25, 0.3) is 0 Å². The summed E-state index contributed by atoms with van der Waals surface area (Å²) in [5, 5.41) is 2.27. The fourth-order valence-corrected chi connectivity index (χ4v) is 3.93. The van der Waals surface area contributed by atoms with Gasteiger partial charge < -0.3 is 4.90 Å². The molecule has 1 unspecified atom stereocenters. The van der Waals surface area contributed by atoms with Crippen LogP contribution in [0, 0.1) is 11.8 Å². The third-order valence-corrected chi connectivity index (χ3v) is 5.56. The van der Waals surface area contributed by atoms with Gasteiger partial charge in [0.05, 0.1) is 5.75 Å². The molecule has 1 saturated heterocycles. The minimum atomic E-state index is -3.95. The van der Waals surface area contributed by atoms with E-state index in [9.17, 15) is 22.8 Å². The van der Waals surface area contributed by atoms with E-state index in [0.29, 0.717) is 36.8 Å². The Labute approximate surface area is 163 Å². The zero-order chi connectivity index (χ0) is 20.3. The Hall–Kier alpha value is -2.70. The van der Waals surface area contributed by atoms with Gasteiger partial charge in [-0.2, -0.15) is 8.42 Å². The Balaban J connectivity index is 1.68. The van der Waals surface area contributed by atoms with Crippen LogP contribution in [0.2, 0.25) is 0 Å². The van der Waals surface area contributed by atoms with Crippen molar-refractivity contribution in [2.45, 2.75) is 44.7 Å². The van der Waals surface area contributed by atoms with Gasteiger partial charge in [-0.15, -0.1) is 0 Å². The number of hydrogen-bond acceptors (Lipinski definition) is 5. The summed E-state index contributed by atoms with van der Waals surface area (Å²) in [6.07, 6.45) is 1.82. The van der Waals surface area contributed by atoms with Crippen molar-refractivity contribution in [3.63, 3.8) is 0 Å². The van der Waals surface area contributed by atoms with Gasteiger partial charge in [-0.05, 0) is 37.0 Å². The largest absolute Gasteiger partial charge is 0.322 e. The standard InChI is InChI=1S/C19H20N2O6S/c22-17-10-9-16(18(23)20-17)21-12-15-13(7-5-8-14(15)19(21)24)6-3-1-2-4-11-28(25,26)27/h5,7-8,16H,1-2,4,9-12H2,(H,20,22,23)(H,25,26,27). The normalized spacial score (nSPS) is 19.1. The molecule has 8 nitrogen and oxygen atoms in total. The summed E-state index contributed by atoms with van der Waals surface area (Å²) in [6, 6.07) is 4.55. The smallest absolute Gasteiger partial charge is 0.264 e. The Morgan fingerprint density at radius 2 is 2.00 bits per heavy atom. The average Bonchev–Trinajstić information content (AvgIpc) is 2.95. The van der Waals surface area contributed by atoms with E-state index in [2.05, 4.69) is 17.2 Å². The highest BCUT2D eigenvalue weighted by molar-refractivity contribution is 7.85. The lowest BCUT2D eigenvalue weighted by Gasteiger charge is -2.29. The van der Waals surface area contributed by atoms with Gasteiger partial charge in [-0.1, -0.05) is 17.9 Å². The topological polar surface area (TPSA) is 121 Å². The maximum absolute atomic E-state index is 12.7. The predicted molar refractivity (Wildman–Crippen MR) is 99.6 cm³/mol. The van der Waals surface area contributed by atoms with E-state index in [4.69, 9.17) is 4.55 Å². The molecule has 1 atom stereocenters. The molecule has 1 aromatic rings. The third-order valence-electron chi connectivity index (χ3n) is 4.76. The maximum atomic E-state index is 12.7. The van der Waals surface area contributed by atoms with E-state index >= 15 is 0 Å². The molecule has 9 heteroatoms. The summed E-state index contributed by atoms with van der Waals surface area (Å²) < 4.78 is 30.1. The first-order chi connectivity index (χ1) is 13.3. The Kier molecular flexibility index (Phi) is 5.82. The van der Waals surface area contributed by atoms with Crippen molar-refractivity contribution in [2.75, 3.05) is 5.75 Å². The molecule has 2 aliphatic heterocycles. The lowest BCUT2D eigenvalue weighted by molar-refractivity contribution is -0.136. The van der Waals surface area contributed by atoms with Crippen LogP contribution in [-0.2, 0) is 26.3 Å². The molecule has 3 amide bonds. The SMILES string of the molecule is O=C1CCC(N2Cc3c(C#CCCCCS(=O)(=O)O)cccc3C2=O)C(=O)N1. The summed E-state index contributed by atoms with van der Waals surface area (Å²) in [7, 11) is -3.95. The van der Waals surface area contributed by atoms with E-state index in [1.54, 1.807) is 18.2 Å². The second kappa shape index (κ2) is 8.12. The van der Waals surface area contributed by atoms with Crippen LogP contribution in [0.4, 0.5) is 0 Å². The van der Waals surface area contributed by atoms with E-state index in [1.807, 2.05) is 0 Å². The summed E-state index contributed by atoms with van der Waals surface area (Å²) in [5.74, 6) is 4.65. The van der Waals surface area contributed by atoms with E-state index in [-0.39, 0.29) is 30.5 Å². The van der Waals surface area contributed by atoms with Gasteiger partial charge in [-0.3, -0.25) is 24.3 Å². The van der Waals surface area contributed by atoms with Crippen molar-refractivity contribution in [2.24, 2.45) is 0 Å². The minimum absolute atomic E-state index is 0.201. The number of carbonyl (C=O) groups excluding carboxylic acids is 3. The fourth-order valence-electron chi connectivity index (χ4n) is 3.36. The van der Waals surface area contributed by atoms with Crippen LogP contribution in [0.5, 0.6) is 0 Å². The molecule has 0 spiro atoms. The van der Waals surface area contributed by atoms with E-state index in [0.717, 1.165) is 5.56 Å². The molecule has 1 fully saturated rings. The zero-order valence-corrected chi connectivity index (χ0v) is 15.9. The van der Waals surface area contributed by atoms with Gasteiger partial charge in [0.25, 0.3) is 16.0 Å². The van der Waals surface area contributed by atoms with Crippen LogP contribution >= 0.6 is 0 Å². The van der Waals surface area contributed by atoms with Crippen LogP contribution in [-0.4, -0.2) is 47.4 Å². The van der Waals surface area contributed by atoms with Crippen LogP contribution in [0.1, 0.15) is 53.6 Å². The molecule has 2 heterocycles. The highest BCUT2D eigenvalue weighted by Gasteiger charge is 2.39. The number of hydrogen-bond donors (Lipinski definition) is 2. The van der Waals surface area contributed by atoms with Crippen molar-refractivity contribution >= 4 is 27.8 Å². The zero-order valence-electron chi connectivity index (χ0n) is 15.1. The molecular weight excluding hydrogens is 384 g/mol. The van der Waals surface area contributed by atoms with Crippen LogP contribution in [0.3, 0.4) is 0 Å². The van der Waals surface area contributed by atoms with Gasteiger partial charge in [0.15, 0.2) is 0 Å². The van der Waals surface area contributed by atoms with E-state index in [1.165, 1.54) is 4.90 Å². The fraction of sp³-hybridized carbons (Fsp3) is 0.421. The third kappa shape index (κ3) is 4.58. The molecule has 3 rings (SSSR count). The van der Waals surface area contributed by atoms with Crippen LogP contribution in [0.15, 0.2) is 18.2 Å². The molecular formula is C19H20N2O6S. The summed E-state index contributed by atoms with van der Waals surface area (Å²) in [5.41, 5.74) is 1.95. The van der Waals surface area contributed by atoms with Gasteiger partial charge in [0.1, 0.15) is 6.04 Å². The Bertz CT molecular complexity index is 989. The molecule has 2 N–H and O–H groups in total.